The molecule has 2 heterocycles. The minimum absolute atomic E-state index is 0.000775. The first-order valence-corrected chi connectivity index (χ1v) is 14.1. The van der Waals surface area contributed by atoms with E-state index in [0.29, 0.717) is 22.5 Å². The highest BCUT2D eigenvalue weighted by molar-refractivity contribution is 7.91. The molecule has 43 heavy (non-hydrogen) atoms. The molecule has 0 unspecified atom stereocenters. The molecule has 2 aromatic heterocycles. The molecule has 220 valence electrons. The third-order valence-electron chi connectivity index (χ3n) is 5.68. The molecule has 0 bridgehead atoms. The molecule has 0 saturated carbocycles. The molecular weight excluding hydrogens is 576 g/mol. The summed E-state index contributed by atoms with van der Waals surface area (Å²) in [6, 6.07) is 17.3. The number of hydrogen-bond acceptors (Lipinski definition) is 10. The largest absolute Gasteiger partial charge is 0.325 e. The van der Waals surface area contributed by atoms with Gasteiger partial charge in [0.25, 0.3) is 11.8 Å². The number of benzene rings is 2. The molecule has 6 N–H and O–H groups in total. The third-order valence-corrected chi connectivity index (χ3v) is 7.47. The van der Waals surface area contributed by atoms with Crippen molar-refractivity contribution in [1.82, 2.24) is 31.7 Å². The van der Waals surface area contributed by atoms with E-state index in [2.05, 4.69) is 42.3 Å². The van der Waals surface area contributed by atoms with Crippen LogP contribution < -0.4 is 32.3 Å². The number of nitrogens with zero attached hydrogens (tertiary/aromatic N) is 2. The second kappa shape index (κ2) is 14.4. The summed E-state index contributed by atoms with van der Waals surface area (Å²) in [5.74, 6) is -1.79. The maximum atomic E-state index is 13.1. The van der Waals surface area contributed by atoms with Gasteiger partial charge in [-0.15, -0.1) is 0 Å². The van der Waals surface area contributed by atoms with Crippen molar-refractivity contribution in [1.29, 1.82) is 0 Å². The van der Waals surface area contributed by atoms with Gasteiger partial charge >= 0.3 is 0 Å². The minimum Gasteiger partial charge on any atom is -0.325 e. The molecule has 4 amide bonds. The van der Waals surface area contributed by atoms with Gasteiger partial charge in [0.1, 0.15) is 0 Å². The molecule has 0 spiro atoms. The van der Waals surface area contributed by atoms with Crippen LogP contribution in [0, 0.1) is 0 Å². The van der Waals surface area contributed by atoms with Gasteiger partial charge in [0.05, 0.1) is 22.9 Å². The summed E-state index contributed by atoms with van der Waals surface area (Å²) in [5.41, 5.74) is 11.3. The first kappa shape index (κ1) is 30.4. The lowest BCUT2D eigenvalue weighted by Crippen LogP contribution is -2.42. The molecule has 0 saturated heterocycles. The van der Waals surface area contributed by atoms with Gasteiger partial charge in [-0.2, -0.15) is 0 Å². The van der Waals surface area contributed by atoms with Gasteiger partial charge in [-0.3, -0.25) is 40.0 Å². The van der Waals surface area contributed by atoms with Gasteiger partial charge in [0, 0.05) is 47.3 Å². The lowest BCUT2D eigenvalue weighted by Gasteiger charge is -2.10. The fourth-order valence-corrected chi connectivity index (χ4v) is 4.80. The number of hydrogen-bond donors (Lipinski definition) is 6. The van der Waals surface area contributed by atoms with Crippen LogP contribution in [0.1, 0.15) is 20.7 Å². The van der Waals surface area contributed by atoms with E-state index in [1.807, 2.05) is 0 Å². The zero-order chi connectivity index (χ0) is 30.7. The number of aromatic nitrogens is 2. The summed E-state index contributed by atoms with van der Waals surface area (Å²) < 4.78 is 26.1. The van der Waals surface area contributed by atoms with Crippen LogP contribution in [0.4, 0.5) is 11.4 Å². The van der Waals surface area contributed by atoms with Crippen LogP contribution in [0.15, 0.2) is 107 Å². The number of pyridine rings is 2. The van der Waals surface area contributed by atoms with E-state index in [9.17, 15) is 27.6 Å². The number of amides is 4. The number of hydrazine groups is 2. The minimum atomic E-state index is -3.88. The quantitative estimate of drug-likeness (QED) is 0.127. The Morgan fingerprint density at radius 1 is 0.535 bits per heavy atom. The smallest absolute Gasteiger partial charge is 0.265 e. The first-order chi connectivity index (χ1) is 20.7. The van der Waals surface area contributed by atoms with E-state index >= 15 is 0 Å². The average Bonchev–Trinajstić information content (AvgIpc) is 3.02. The van der Waals surface area contributed by atoms with E-state index in [1.165, 1.54) is 97.6 Å². The van der Waals surface area contributed by atoms with Gasteiger partial charge in [-0.25, -0.2) is 19.3 Å². The normalized spacial score (nSPS) is 10.8. The van der Waals surface area contributed by atoms with Crippen molar-refractivity contribution in [3.05, 3.63) is 109 Å². The topological polar surface area (TPSA) is 200 Å². The lowest BCUT2D eigenvalue weighted by atomic mass is 10.3. The summed E-state index contributed by atoms with van der Waals surface area (Å²) in [7, 11) is -3.88. The SMILES string of the molecule is O=C(CNNC(=O)c1ccncc1)Nc1ccc(S(=O)(=O)c2ccc(NC(=O)CNNC(=O)c3ccncc3)cc2)cc1. The Morgan fingerprint density at radius 2 is 0.884 bits per heavy atom. The maximum absolute atomic E-state index is 13.1. The number of nitrogens with one attached hydrogen (secondary N) is 6. The molecule has 15 heteroatoms. The number of carbonyl (C=O) groups excluding carboxylic acids is 4. The van der Waals surface area contributed by atoms with Gasteiger partial charge in [-0.1, -0.05) is 0 Å². The average molecular weight is 603 g/mol. The molecule has 0 radical (unpaired) electrons. The highest BCUT2D eigenvalue weighted by atomic mass is 32.2. The van der Waals surface area contributed by atoms with Crippen molar-refractivity contribution in [3.63, 3.8) is 0 Å². The van der Waals surface area contributed by atoms with E-state index in [4.69, 9.17) is 0 Å². The van der Waals surface area contributed by atoms with Crippen LogP contribution >= 0.6 is 0 Å². The molecule has 0 aliphatic rings. The van der Waals surface area contributed by atoms with Crippen LogP contribution in [0.3, 0.4) is 0 Å². The Bertz CT molecular complexity index is 1560. The number of rotatable bonds is 12. The molecule has 4 rings (SSSR count). The van der Waals surface area contributed by atoms with E-state index in [0.717, 1.165) is 0 Å². The van der Waals surface area contributed by atoms with Crippen LogP contribution in [-0.2, 0) is 19.4 Å². The van der Waals surface area contributed by atoms with Crippen molar-refractivity contribution < 1.29 is 27.6 Å². The fourth-order valence-electron chi connectivity index (χ4n) is 3.54. The summed E-state index contributed by atoms with van der Waals surface area (Å²) in [6.45, 7) is -0.452. The predicted octanol–water partition coefficient (Wildman–Crippen LogP) is 1.06. The van der Waals surface area contributed by atoms with Crippen molar-refractivity contribution >= 4 is 44.8 Å². The Kier molecular flexibility index (Phi) is 10.2. The molecule has 4 aromatic rings. The van der Waals surface area contributed by atoms with Gasteiger partial charge in [0.15, 0.2) is 0 Å². The van der Waals surface area contributed by atoms with Crippen molar-refractivity contribution in [2.75, 3.05) is 23.7 Å². The highest BCUT2D eigenvalue weighted by Gasteiger charge is 2.18. The molecular formula is C28H26N8O6S. The summed E-state index contributed by atoms with van der Waals surface area (Å²) >= 11 is 0. The molecule has 0 fully saturated rings. The molecule has 14 nitrogen and oxygen atoms in total. The zero-order valence-electron chi connectivity index (χ0n) is 22.4. The maximum Gasteiger partial charge on any atom is 0.265 e. The van der Waals surface area contributed by atoms with Gasteiger partial charge in [-0.05, 0) is 72.8 Å². The van der Waals surface area contributed by atoms with Crippen molar-refractivity contribution in [2.24, 2.45) is 0 Å². The second-order valence-corrected chi connectivity index (χ2v) is 10.7. The summed E-state index contributed by atoms with van der Waals surface area (Å²) in [6.07, 6.45) is 5.88. The predicted molar refractivity (Wildman–Crippen MR) is 155 cm³/mol. The van der Waals surface area contributed by atoms with Crippen LogP contribution in [-0.4, -0.2) is 55.1 Å². The Labute approximate surface area is 246 Å². The Balaban J connectivity index is 1.23. The third kappa shape index (κ3) is 8.74. The van der Waals surface area contributed by atoms with Crippen LogP contribution in [0.25, 0.3) is 0 Å². The monoisotopic (exact) mass is 602 g/mol. The molecule has 0 aliphatic carbocycles. The Morgan fingerprint density at radius 3 is 1.23 bits per heavy atom. The number of sulfone groups is 1. The summed E-state index contributed by atoms with van der Waals surface area (Å²) in [4.78, 5) is 56.0. The molecule has 0 atom stereocenters. The highest BCUT2D eigenvalue weighted by Crippen LogP contribution is 2.23. The van der Waals surface area contributed by atoms with E-state index in [1.54, 1.807) is 0 Å². The molecule has 2 aromatic carbocycles. The zero-order valence-corrected chi connectivity index (χ0v) is 23.2. The first-order valence-electron chi connectivity index (χ1n) is 12.6. The van der Waals surface area contributed by atoms with Crippen molar-refractivity contribution in [3.8, 4) is 0 Å². The second-order valence-electron chi connectivity index (χ2n) is 8.74. The molecule has 0 aliphatic heterocycles. The Hall–Kier alpha value is -5.51. The number of carbonyl (C=O) groups is 4. The summed E-state index contributed by atoms with van der Waals surface area (Å²) in [5, 5.41) is 5.20. The van der Waals surface area contributed by atoms with Crippen molar-refractivity contribution in [2.45, 2.75) is 9.79 Å². The van der Waals surface area contributed by atoms with Gasteiger partial charge < -0.3 is 10.6 Å². The van der Waals surface area contributed by atoms with E-state index < -0.39 is 33.5 Å². The number of anilines is 2. The van der Waals surface area contributed by atoms with Gasteiger partial charge in [0.2, 0.25) is 21.7 Å². The van der Waals surface area contributed by atoms with Crippen LogP contribution in [0.5, 0.6) is 0 Å². The fraction of sp³-hybridized carbons (Fsp3) is 0.0714. The van der Waals surface area contributed by atoms with E-state index in [-0.39, 0.29) is 22.9 Å². The standard InChI is InChI=1S/C28H26N8O6S/c37-25(17-31-35-27(39)19-9-13-29-14-10-19)33-21-1-5-23(6-2-21)43(41,42)24-7-3-22(4-8-24)34-26(38)18-32-36-28(40)20-11-15-30-16-12-20/h1-16,31-32H,17-18H2,(H,33,37)(H,34,38)(H,35,39)(H,36,40). The lowest BCUT2D eigenvalue weighted by molar-refractivity contribution is -0.116. The van der Waals surface area contributed by atoms with Crippen LogP contribution in [0.2, 0.25) is 0 Å².